The highest BCUT2D eigenvalue weighted by molar-refractivity contribution is 6.30. The van der Waals surface area contributed by atoms with Gasteiger partial charge in [0.25, 0.3) is 0 Å². The predicted octanol–water partition coefficient (Wildman–Crippen LogP) is 10.9. The molecule has 6 aromatic rings. The highest BCUT2D eigenvalue weighted by atomic mass is 35.5. The van der Waals surface area contributed by atoms with Gasteiger partial charge >= 0.3 is 0 Å². The average molecular weight is 777 g/mol. The number of anilines is 3. The van der Waals surface area contributed by atoms with Crippen LogP contribution in [0.5, 0.6) is 0 Å². The molecule has 0 saturated heterocycles. The molecule has 0 saturated carbocycles. The summed E-state index contributed by atoms with van der Waals surface area (Å²) >= 11 is 7.71. The number of nitrogens with one attached hydrogen (secondary N) is 2. The number of rotatable bonds is 13. The van der Waals surface area contributed by atoms with Gasteiger partial charge in [-0.15, -0.1) is 8.57 Å². The minimum absolute atomic E-state index is 0.0705. The second kappa shape index (κ2) is 16.0. The number of para-hydroxylation sites is 2. The number of fused-ring (bicyclic) bond motifs is 4. The van der Waals surface area contributed by atoms with E-state index in [-0.39, 0.29) is 10.0 Å². The third-order valence-corrected chi connectivity index (χ3v) is 12.1. The lowest BCUT2D eigenvalue weighted by Gasteiger charge is -2.40. The van der Waals surface area contributed by atoms with Crippen LogP contribution in [0.25, 0.3) is 27.8 Å². The first-order valence-corrected chi connectivity index (χ1v) is 20.6. The molecule has 0 amide bonds. The molecule has 1 aromatic heterocycles. The second-order valence-electron chi connectivity index (χ2n) is 15.7. The fourth-order valence-electron chi connectivity index (χ4n) is 8.25. The zero-order valence-electron chi connectivity index (χ0n) is 33.4. The first-order chi connectivity index (χ1) is 27.6. The summed E-state index contributed by atoms with van der Waals surface area (Å²) in [6, 6.07) is 33.2. The van der Waals surface area contributed by atoms with E-state index in [4.69, 9.17) is 33.2 Å². The van der Waals surface area contributed by atoms with E-state index in [0.29, 0.717) is 0 Å². The van der Waals surface area contributed by atoms with Gasteiger partial charge in [0.05, 0.1) is 0 Å². The maximum absolute atomic E-state index is 7.71. The van der Waals surface area contributed by atoms with E-state index >= 15 is 0 Å². The maximum Gasteiger partial charge on any atom is 0.239 e. The van der Waals surface area contributed by atoms with Crippen molar-refractivity contribution in [2.24, 2.45) is 4.99 Å². The number of nitrogens with zero attached hydrogens (tertiary/aromatic N) is 4. The lowest BCUT2D eigenvalue weighted by molar-refractivity contribution is -0.538. The Morgan fingerprint density at radius 1 is 0.684 bits per heavy atom. The Hall–Kier alpha value is -5.70. The molecule has 2 atom stereocenters. The van der Waals surface area contributed by atoms with Crippen LogP contribution in [0.15, 0.2) is 125 Å². The summed E-state index contributed by atoms with van der Waals surface area (Å²) in [4.78, 5) is 10.2. The predicted molar refractivity (Wildman–Crippen MR) is 241 cm³/mol. The summed E-state index contributed by atoms with van der Waals surface area (Å²) in [6.45, 7) is 10.2. The Balaban J connectivity index is 0.852. The number of aliphatic imine (C=N–C) groups is 1. The van der Waals surface area contributed by atoms with Crippen LogP contribution in [0.4, 0.5) is 34.1 Å². The Morgan fingerprint density at radius 2 is 1.28 bits per heavy atom. The Labute approximate surface area is 341 Å². The van der Waals surface area contributed by atoms with E-state index in [0.717, 1.165) is 110 Å². The number of aryl methyl sites for hydroxylation is 3. The molecule has 0 bridgehead atoms. The van der Waals surface area contributed by atoms with Crippen molar-refractivity contribution < 1.29 is 4.57 Å². The van der Waals surface area contributed by atoms with Crippen molar-refractivity contribution in [3.8, 4) is 5.69 Å². The van der Waals surface area contributed by atoms with Gasteiger partial charge in [-0.3, -0.25) is 0 Å². The molecule has 1 aliphatic heterocycles. The second-order valence-corrected chi connectivity index (χ2v) is 16.2. The fraction of sp³-hybridized carbons (Fsp3) is 0.271. The summed E-state index contributed by atoms with van der Waals surface area (Å²) in [5.74, 6) is 0. The van der Waals surface area contributed by atoms with Crippen molar-refractivity contribution >= 4 is 73.7 Å². The van der Waals surface area contributed by atoms with Crippen molar-refractivity contribution in [2.45, 2.75) is 72.3 Å². The molecule has 2 heterocycles. The fourth-order valence-corrected chi connectivity index (χ4v) is 8.65. The molecule has 0 radical (unpaired) electrons. The molecule has 2 unspecified atom stereocenters. The zero-order valence-corrected chi connectivity index (χ0v) is 34.2. The largest absolute Gasteiger partial charge is 0.398 e. The van der Waals surface area contributed by atoms with Gasteiger partial charge in [0.1, 0.15) is 22.4 Å². The van der Waals surface area contributed by atoms with Crippen LogP contribution in [-0.2, 0) is 0 Å². The zero-order chi connectivity index (χ0) is 39.7. The smallest absolute Gasteiger partial charge is 0.239 e. The van der Waals surface area contributed by atoms with Gasteiger partial charge in [-0.2, -0.15) is 0 Å². The molecule has 0 spiro atoms. The third-order valence-electron chi connectivity index (χ3n) is 11.6. The van der Waals surface area contributed by atoms with Crippen LogP contribution in [0.1, 0.15) is 62.1 Å². The van der Waals surface area contributed by atoms with Crippen LogP contribution in [-0.4, -0.2) is 29.8 Å². The molecule has 5 aromatic carbocycles. The van der Waals surface area contributed by atoms with Crippen LogP contribution in [0.3, 0.4) is 0 Å². The molecule has 57 heavy (non-hydrogen) atoms. The number of quaternary nitrogens is 1. The van der Waals surface area contributed by atoms with Crippen molar-refractivity contribution in [1.82, 2.24) is 14.3 Å². The van der Waals surface area contributed by atoms with Crippen molar-refractivity contribution in [1.29, 1.82) is 0 Å². The summed E-state index contributed by atoms with van der Waals surface area (Å²) in [5.41, 5.74) is 29.7. The molecular formula is C48H53ClN8+2. The number of nitrogen functional groups attached to an aromatic ring is 2. The SMILES string of the molecule is CC1=CC2=Nc3cc(C)c(N)cc3[N+](Cl)(c3ccccc3)C2C=C1NCCCCCCCCNc1cc2c(cc1C)nc1cc(C)c(N)cc1[n+]2-c1ccccc1. The maximum atomic E-state index is 7.71. The van der Waals surface area contributed by atoms with Gasteiger partial charge in [-0.1, -0.05) is 62.1 Å². The number of hydrogen-bond donors (Lipinski definition) is 4. The summed E-state index contributed by atoms with van der Waals surface area (Å²) in [7, 11) is 0. The highest BCUT2D eigenvalue weighted by Gasteiger charge is 2.49. The Bertz CT molecular complexity index is 2560. The van der Waals surface area contributed by atoms with Gasteiger partial charge in [-0.25, -0.2) is 9.98 Å². The molecule has 8 rings (SSSR count). The quantitative estimate of drug-likeness (QED) is 0.0307. The van der Waals surface area contributed by atoms with Crippen molar-refractivity contribution in [2.75, 3.05) is 29.9 Å². The van der Waals surface area contributed by atoms with Crippen LogP contribution >= 0.6 is 11.8 Å². The first-order valence-electron chi connectivity index (χ1n) is 20.2. The van der Waals surface area contributed by atoms with Crippen molar-refractivity contribution in [3.05, 3.63) is 137 Å². The summed E-state index contributed by atoms with van der Waals surface area (Å²) < 4.78 is 2.35. The third kappa shape index (κ3) is 7.47. The number of halogens is 1. The molecular weight excluding hydrogens is 724 g/mol. The molecule has 290 valence electrons. The van der Waals surface area contributed by atoms with E-state index in [1.165, 1.54) is 36.8 Å². The minimum atomic E-state index is -0.188. The first kappa shape index (κ1) is 38.2. The molecule has 0 fully saturated rings. The molecule has 6 N–H and O–H groups in total. The van der Waals surface area contributed by atoms with Gasteiger partial charge < -0.3 is 22.1 Å². The van der Waals surface area contributed by atoms with Gasteiger partial charge in [0.2, 0.25) is 16.7 Å². The number of aromatic nitrogens is 2. The molecule has 2 aliphatic rings. The van der Waals surface area contributed by atoms with E-state index in [9.17, 15) is 0 Å². The number of nitrogens with two attached hydrogens (primary N) is 2. The standard InChI is InChI=1S/C48H52ClN8/c1-31-23-41-45(27-37(31)50)56(35-17-11-9-12-18-35)46-29-39(33(3)25-42(46)54-41)52-21-15-7-5-6-8-16-22-53-40-30-48-44(26-34(40)4)55-43-24-32(2)38(51)28-47(43)57(48,49)36-19-13-10-14-20-36/h9-14,17-20,23-30,48,53H,5-8,15-16,21-22,51H2,1-4H3,(H2,50,52)/q+1/p+1. The number of benzene rings is 5. The number of unbranched alkanes of at least 4 members (excludes halogenated alkanes) is 5. The highest BCUT2D eigenvalue weighted by Crippen LogP contribution is 2.51. The average Bonchev–Trinajstić information content (AvgIpc) is 3.20. The Kier molecular flexibility index (Phi) is 10.7. The van der Waals surface area contributed by atoms with E-state index in [1.54, 1.807) is 0 Å². The normalized spacial score (nSPS) is 17.4. The van der Waals surface area contributed by atoms with E-state index in [2.05, 4.69) is 95.8 Å². The molecule has 9 heteroatoms. The van der Waals surface area contributed by atoms with E-state index in [1.807, 2.05) is 56.3 Å². The molecule has 8 nitrogen and oxygen atoms in total. The molecule has 1 aliphatic carbocycles. The Morgan fingerprint density at radius 3 is 2.00 bits per heavy atom. The topological polar surface area (TPSA) is 105 Å². The van der Waals surface area contributed by atoms with Gasteiger partial charge in [0.15, 0.2) is 29.2 Å². The number of allylic oxidation sites excluding steroid dienone is 1. The lowest BCUT2D eigenvalue weighted by atomic mass is 9.93. The van der Waals surface area contributed by atoms with Gasteiger partial charge in [0, 0.05) is 84.4 Å². The minimum Gasteiger partial charge on any atom is -0.398 e. The summed E-state index contributed by atoms with van der Waals surface area (Å²) in [6.07, 6.45) is 11.5. The number of hydrogen-bond acceptors (Lipinski definition) is 6. The van der Waals surface area contributed by atoms with E-state index < -0.39 is 0 Å². The van der Waals surface area contributed by atoms with Crippen LogP contribution in [0, 0.1) is 20.8 Å². The monoisotopic (exact) mass is 776 g/mol. The lowest BCUT2D eigenvalue weighted by Crippen LogP contribution is -2.51. The van der Waals surface area contributed by atoms with Gasteiger partial charge in [-0.05, 0) is 87.1 Å². The van der Waals surface area contributed by atoms with Crippen LogP contribution < -0.4 is 30.7 Å². The summed E-state index contributed by atoms with van der Waals surface area (Å²) in [5, 5.41) is 7.47. The van der Waals surface area contributed by atoms with Crippen molar-refractivity contribution in [3.63, 3.8) is 0 Å². The van der Waals surface area contributed by atoms with Crippen LogP contribution in [0.2, 0.25) is 0 Å².